The molecule has 0 radical (unpaired) electrons. The monoisotopic (exact) mass is 214 g/mol. The van der Waals surface area contributed by atoms with Gasteiger partial charge in [0.25, 0.3) is 5.56 Å². The zero-order valence-electron chi connectivity index (χ0n) is 9.47. The van der Waals surface area contributed by atoms with Gasteiger partial charge in [0, 0.05) is 25.2 Å². The van der Waals surface area contributed by atoms with Crippen LogP contribution < -0.4 is 10.9 Å². The van der Waals surface area contributed by atoms with Crippen LogP contribution in [0, 0.1) is 0 Å². The van der Waals surface area contributed by atoms with Crippen LogP contribution in [0.25, 0.3) is 10.8 Å². The lowest BCUT2D eigenvalue weighted by atomic mass is 10.2. The van der Waals surface area contributed by atoms with Gasteiger partial charge in [-0.15, -0.1) is 0 Å². The predicted octanol–water partition coefficient (Wildman–Crippen LogP) is 1.46. The second kappa shape index (κ2) is 4.31. The second-order valence-electron chi connectivity index (χ2n) is 3.64. The maximum Gasteiger partial charge on any atom is 0.276 e. The van der Waals surface area contributed by atoms with Crippen LogP contribution in [-0.4, -0.2) is 11.1 Å². The van der Waals surface area contributed by atoms with Crippen LogP contribution in [0.1, 0.15) is 6.92 Å². The van der Waals surface area contributed by atoms with E-state index in [1.807, 2.05) is 37.3 Å². The smallest absolute Gasteiger partial charge is 0.276 e. The molecular weight excluding hydrogens is 200 g/mol. The van der Waals surface area contributed by atoms with Crippen LogP contribution in [0.2, 0.25) is 0 Å². The Bertz CT molecular complexity index is 641. The van der Waals surface area contributed by atoms with E-state index in [4.69, 9.17) is 0 Å². The van der Waals surface area contributed by atoms with Gasteiger partial charge in [0.05, 0.1) is 0 Å². The minimum absolute atomic E-state index is 0.0527. The van der Waals surface area contributed by atoms with Crippen molar-refractivity contribution in [3.8, 4) is 0 Å². The lowest BCUT2D eigenvalue weighted by molar-refractivity contribution is 0.850. The molecule has 3 nitrogen and oxygen atoms in total. The van der Waals surface area contributed by atoms with Crippen LogP contribution in [0.5, 0.6) is 0 Å². The van der Waals surface area contributed by atoms with Crippen molar-refractivity contribution in [2.45, 2.75) is 6.92 Å². The van der Waals surface area contributed by atoms with E-state index in [1.54, 1.807) is 17.8 Å². The fourth-order valence-corrected chi connectivity index (χ4v) is 1.71. The maximum absolute atomic E-state index is 12.0. The molecule has 0 bridgehead atoms. The van der Waals surface area contributed by atoms with Gasteiger partial charge < -0.3 is 4.57 Å². The van der Waals surface area contributed by atoms with Gasteiger partial charge in [-0.25, -0.2) is 0 Å². The Hall–Kier alpha value is -1.90. The van der Waals surface area contributed by atoms with E-state index in [9.17, 15) is 4.79 Å². The zero-order chi connectivity index (χ0) is 11.5. The van der Waals surface area contributed by atoms with Crippen LogP contribution >= 0.6 is 0 Å². The van der Waals surface area contributed by atoms with Gasteiger partial charge in [0.1, 0.15) is 5.36 Å². The molecule has 1 heterocycles. The third-order valence-electron chi connectivity index (χ3n) is 2.53. The Labute approximate surface area is 93.7 Å². The van der Waals surface area contributed by atoms with Crippen molar-refractivity contribution in [2.75, 3.05) is 6.54 Å². The molecular formula is C13H14N2O. The number of aromatic nitrogens is 1. The van der Waals surface area contributed by atoms with Crippen molar-refractivity contribution in [3.05, 3.63) is 52.2 Å². The summed E-state index contributed by atoms with van der Waals surface area (Å²) >= 11 is 0. The summed E-state index contributed by atoms with van der Waals surface area (Å²) in [6, 6.07) is 9.75. The van der Waals surface area contributed by atoms with Gasteiger partial charge in [0.2, 0.25) is 0 Å². The van der Waals surface area contributed by atoms with E-state index < -0.39 is 0 Å². The predicted molar refractivity (Wildman–Crippen MR) is 65.3 cm³/mol. The van der Waals surface area contributed by atoms with Crippen molar-refractivity contribution in [1.82, 2.24) is 4.57 Å². The highest BCUT2D eigenvalue weighted by Gasteiger charge is 1.98. The van der Waals surface area contributed by atoms with Gasteiger partial charge in [0.15, 0.2) is 0 Å². The number of benzene rings is 1. The molecule has 2 rings (SSSR count). The molecule has 82 valence electrons. The fourth-order valence-electron chi connectivity index (χ4n) is 1.71. The zero-order valence-corrected chi connectivity index (χ0v) is 9.47. The summed E-state index contributed by atoms with van der Waals surface area (Å²) in [7, 11) is 1.75. The molecule has 1 aromatic carbocycles. The van der Waals surface area contributed by atoms with Crippen LogP contribution in [-0.2, 0) is 7.05 Å². The van der Waals surface area contributed by atoms with Crippen LogP contribution in [0.3, 0.4) is 0 Å². The summed E-state index contributed by atoms with van der Waals surface area (Å²) in [5.74, 6) is 0. The third-order valence-corrected chi connectivity index (χ3v) is 2.53. The highest BCUT2D eigenvalue weighted by Crippen LogP contribution is 2.05. The fraction of sp³-hybridized carbons (Fsp3) is 0.231. The van der Waals surface area contributed by atoms with Crippen molar-refractivity contribution < 1.29 is 0 Å². The van der Waals surface area contributed by atoms with Crippen molar-refractivity contribution in [2.24, 2.45) is 12.0 Å². The number of hydrogen-bond donors (Lipinski definition) is 0. The largest absolute Gasteiger partial charge is 0.317 e. The Morgan fingerprint density at radius 3 is 2.75 bits per heavy atom. The van der Waals surface area contributed by atoms with E-state index >= 15 is 0 Å². The molecule has 0 saturated heterocycles. The molecule has 0 aliphatic heterocycles. The molecule has 16 heavy (non-hydrogen) atoms. The van der Waals surface area contributed by atoms with E-state index in [0.717, 1.165) is 10.8 Å². The molecule has 0 saturated carbocycles. The second-order valence-corrected chi connectivity index (χ2v) is 3.64. The molecule has 0 aliphatic carbocycles. The average molecular weight is 214 g/mol. The molecule has 0 spiro atoms. The van der Waals surface area contributed by atoms with Gasteiger partial charge >= 0.3 is 0 Å². The molecule has 0 fully saturated rings. The van der Waals surface area contributed by atoms with Crippen molar-refractivity contribution in [3.63, 3.8) is 0 Å². The van der Waals surface area contributed by atoms with Crippen LogP contribution in [0.4, 0.5) is 0 Å². The molecule has 3 heteroatoms. The van der Waals surface area contributed by atoms with Gasteiger partial charge in [-0.2, -0.15) is 0 Å². The quantitative estimate of drug-likeness (QED) is 0.707. The van der Waals surface area contributed by atoms with Crippen LogP contribution in [0.15, 0.2) is 46.3 Å². The van der Waals surface area contributed by atoms with Gasteiger partial charge in [-0.3, -0.25) is 9.79 Å². The Morgan fingerprint density at radius 1 is 1.25 bits per heavy atom. The molecule has 2 aromatic rings. The third kappa shape index (κ3) is 1.76. The normalized spacial score (nSPS) is 12.0. The van der Waals surface area contributed by atoms with E-state index in [1.165, 1.54) is 0 Å². The van der Waals surface area contributed by atoms with E-state index in [2.05, 4.69) is 4.99 Å². The number of rotatable bonds is 1. The van der Waals surface area contributed by atoms with Crippen molar-refractivity contribution in [1.29, 1.82) is 0 Å². The first-order valence-corrected chi connectivity index (χ1v) is 5.33. The highest BCUT2D eigenvalue weighted by molar-refractivity contribution is 5.80. The first-order valence-electron chi connectivity index (χ1n) is 5.33. The molecule has 1 aromatic heterocycles. The van der Waals surface area contributed by atoms with E-state index in [-0.39, 0.29) is 5.56 Å². The first-order chi connectivity index (χ1) is 7.74. The SMILES string of the molecule is CC/N=c1/c(=O)n(C)ccc2ccccc12. The van der Waals surface area contributed by atoms with E-state index in [0.29, 0.717) is 11.9 Å². The molecule has 0 unspecified atom stereocenters. The summed E-state index contributed by atoms with van der Waals surface area (Å²) in [4.78, 5) is 16.3. The summed E-state index contributed by atoms with van der Waals surface area (Å²) < 4.78 is 1.56. The number of hydrogen-bond acceptors (Lipinski definition) is 2. The minimum atomic E-state index is -0.0527. The number of nitrogens with zero attached hydrogens (tertiary/aromatic N) is 2. The molecule has 0 aliphatic rings. The topological polar surface area (TPSA) is 34.4 Å². The first kappa shape index (κ1) is 10.6. The lowest BCUT2D eigenvalue weighted by Gasteiger charge is -1.91. The Balaban J connectivity index is 3.10. The average Bonchev–Trinajstić information content (AvgIpc) is 2.42. The Kier molecular flexibility index (Phi) is 2.86. The summed E-state index contributed by atoms with van der Waals surface area (Å²) in [5.41, 5.74) is -0.0527. The highest BCUT2D eigenvalue weighted by atomic mass is 16.1. The maximum atomic E-state index is 12.0. The summed E-state index contributed by atoms with van der Waals surface area (Å²) in [5, 5.41) is 2.49. The summed E-state index contributed by atoms with van der Waals surface area (Å²) in [6.07, 6.45) is 1.78. The Morgan fingerprint density at radius 2 is 2.00 bits per heavy atom. The lowest BCUT2D eigenvalue weighted by Crippen LogP contribution is -2.30. The molecule has 0 N–H and O–H groups in total. The van der Waals surface area contributed by atoms with Gasteiger partial charge in [-0.1, -0.05) is 24.3 Å². The number of aryl methyl sites for hydroxylation is 1. The number of fused-ring (bicyclic) bond motifs is 1. The molecule has 0 amide bonds. The van der Waals surface area contributed by atoms with Gasteiger partial charge in [-0.05, 0) is 18.4 Å². The summed E-state index contributed by atoms with van der Waals surface area (Å²) in [6.45, 7) is 2.55. The molecule has 0 atom stereocenters. The van der Waals surface area contributed by atoms with Crippen molar-refractivity contribution >= 4 is 10.8 Å². The minimum Gasteiger partial charge on any atom is -0.317 e. The standard InChI is InChI=1S/C13H14N2O/c1-3-14-12-11-7-5-4-6-10(11)8-9-15(2)13(12)16/h4-9H,3H2,1-2H3/b14-12+.